The van der Waals surface area contributed by atoms with Crippen LogP contribution in [0.5, 0.6) is 0 Å². The van der Waals surface area contributed by atoms with Crippen LogP contribution in [0.1, 0.15) is 29.3 Å². The van der Waals surface area contributed by atoms with Gasteiger partial charge in [-0.15, -0.1) is 10.2 Å². The van der Waals surface area contributed by atoms with Gasteiger partial charge in [0.25, 0.3) is 0 Å². The first-order valence-electron chi connectivity index (χ1n) is 11.2. The number of halogens is 1. The van der Waals surface area contributed by atoms with Gasteiger partial charge in [0.15, 0.2) is 5.01 Å². The van der Waals surface area contributed by atoms with Crippen molar-refractivity contribution < 1.29 is 9.18 Å². The lowest BCUT2D eigenvalue weighted by atomic mass is 9.97. The van der Waals surface area contributed by atoms with Gasteiger partial charge in [-0.05, 0) is 41.7 Å². The maximum atomic E-state index is 14.1. The van der Waals surface area contributed by atoms with E-state index in [4.69, 9.17) is 0 Å². The maximum Gasteiger partial charge on any atom is 0.227 e. The van der Waals surface area contributed by atoms with Gasteiger partial charge >= 0.3 is 0 Å². The Balaban J connectivity index is 1.24. The van der Waals surface area contributed by atoms with E-state index in [1.54, 1.807) is 18.2 Å². The number of piperidine rings is 1. The van der Waals surface area contributed by atoms with Gasteiger partial charge in [0.05, 0.1) is 6.42 Å². The number of hydrogen-bond acceptors (Lipinski definition) is 4. The van der Waals surface area contributed by atoms with Crippen LogP contribution in [0.3, 0.4) is 0 Å². The van der Waals surface area contributed by atoms with Crippen LogP contribution in [0.4, 0.5) is 4.39 Å². The minimum absolute atomic E-state index is 0.131. The quantitative estimate of drug-likeness (QED) is 0.371. The fourth-order valence-electron chi connectivity index (χ4n) is 4.28. The SMILES string of the molecule is O=C(Cc1ccc(-c2ccccc2)cc1)N1CCCC(c2nnc(-c3ccccc3F)s2)C1. The molecule has 3 aromatic carbocycles. The molecule has 166 valence electrons. The molecule has 1 saturated heterocycles. The predicted molar refractivity (Wildman–Crippen MR) is 129 cm³/mol. The molecule has 1 aliphatic rings. The number of likely N-dealkylation sites (tertiary alicyclic amines) is 1. The summed E-state index contributed by atoms with van der Waals surface area (Å²) < 4.78 is 14.1. The lowest BCUT2D eigenvalue weighted by Gasteiger charge is -2.31. The molecule has 1 aromatic heterocycles. The Morgan fingerprint density at radius 3 is 2.45 bits per heavy atom. The molecule has 33 heavy (non-hydrogen) atoms. The van der Waals surface area contributed by atoms with Gasteiger partial charge < -0.3 is 4.90 Å². The first kappa shape index (κ1) is 21.5. The van der Waals surface area contributed by atoms with E-state index in [-0.39, 0.29) is 17.6 Å². The predicted octanol–water partition coefficient (Wildman–Crippen LogP) is 5.96. The molecule has 0 N–H and O–H groups in total. The van der Waals surface area contributed by atoms with Crippen LogP contribution in [0.15, 0.2) is 78.9 Å². The zero-order valence-electron chi connectivity index (χ0n) is 18.2. The summed E-state index contributed by atoms with van der Waals surface area (Å²) in [5.74, 6) is -0.0221. The van der Waals surface area contributed by atoms with Gasteiger partial charge in [-0.2, -0.15) is 0 Å². The Bertz CT molecular complexity index is 1240. The highest BCUT2D eigenvalue weighted by Crippen LogP contribution is 2.33. The molecule has 1 unspecified atom stereocenters. The molecular formula is C27H24FN3OS. The number of rotatable bonds is 5. The highest BCUT2D eigenvalue weighted by atomic mass is 32.1. The molecule has 1 aliphatic heterocycles. The Morgan fingerprint density at radius 2 is 1.67 bits per heavy atom. The van der Waals surface area contributed by atoms with Crippen molar-refractivity contribution in [2.45, 2.75) is 25.2 Å². The summed E-state index contributed by atoms with van der Waals surface area (Å²) >= 11 is 1.42. The lowest BCUT2D eigenvalue weighted by Crippen LogP contribution is -2.39. The second-order valence-corrected chi connectivity index (χ2v) is 9.35. The molecule has 5 rings (SSSR count). The highest BCUT2D eigenvalue weighted by Gasteiger charge is 2.27. The molecule has 0 spiro atoms. The molecule has 4 nitrogen and oxygen atoms in total. The van der Waals surface area contributed by atoms with Crippen molar-refractivity contribution in [2.24, 2.45) is 0 Å². The Labute approximate surface area is 196 Å². The Morgan fingerprint density at radius 1 is 0.939 bits per heavy atom. The van der Waals surface area contributed by atoms with Crippen molar-refractivity contribution in [1.29, 1.82) is 0 Å². The summed E-state index contributed by atoms with van der Waals surface area (Å²) in [6.45, 7) is 1.39. The number of nitrogens with zero attached hydrogens (tertiary/aromatic N) is 3. The largest absolute Gasteiger partial charge is 0.342 e. The van der Waals surface area contributed by atoms with Crippen LogP contribution in [0.2, 0.25) is 0 Å². The van der Waals surface area contributed by atoms with Crippen LogP contribution < -0.4 is 0 Å². The summed E-state index contributed by atoms with van der Waals surface area (Å²) in [6, 6.07) is 25.1. The fourth-order valence-corrected chi connectivity index (χ4v) is 5.28. The van der Waals surface area contributed by atoms with E-state index >= 15 is 0 Å². The first-order chi connectivity index (χ1) is 16.2. The fraction of sp³-hybridized carbons (Fsp3) is 0.222. The van der Waals surface area contributed by atoms with Crippen molar-refractivity contribution in [3.63, 3.8) is 0 Å². The third-order valence-corrected chi connectivity index (χ3v) is 7.20. The molecule has 1 atom stereocenters. The molecule has 0 radical (unpaired) electrons. The van der Waals surface area contributed by atoms with E-state index in [9.17, 15) is 9.18 Å². The second-order valence-electron chi connectivity index (χ2n) is 8.34. The van der Waals surface area contributed by atoms with E-state index in [0.29, 0.717) is 23.5 Å². The first-order valence-corrected chi connectivity index (χ1v) is 12.0. The third-order valence-electron chi connectivity index (χ3n) is 6.08. The summed E-state index contributed by atoms with van der Waals surface area (Å²) in [5, 5.41) is 10.0. The minimum Gasteiger partial charge on any atom is -0.342 e. The van der Waals surface area contributed by atoms with Crippen molar-refractivity contribution >= 4 is 17.2 Å². The van der Waals surface area contributed by atoms with Crippen LogP contribution in [0, 0.1) is 5.82 Å². The van der Waals surface area contributed by atoms with Crippen LogP contribution in [-0.4, -0.2) is 34.1 Å². The van der Waals surface area contributed by atoms with E-state index < -0.39 is 0 Å². The smallest absolute Gasteiger partial charge is 0.227 e. The molecular weight excluding hydrogens is 433 g/mol. The molecule has 0 saturated carbocycles. The normalized spacial score (nSPS) is 16.0. The van der Waals surface area contributed by atoms with E-state index in [0.717, 1.165) is 35.5 Å². The standard InChI is InChI=1S/C27H24FN3OS/c28-24-11-5-4-10-23(24)27-30-29-26(33-27)22-9-6-16-31(18-22)25(32)17-19-12-14-21(15-13-19)20-7-2-1-3-8-20/h1-5,7-8,10-15,22H,6,9,16-18H2. The van der Waals surface area contributed by atoms with Gasteiger partial charge in [0.1, 0.15) is 10.8 Å². The third kappa shape index (κ3) is 4.86. The summed E-state index contributed by atoms with van der Waals surface area (Å²) in [5.41, 5.74) is 3.80. The number of aromatic nitrogens is 2. The molecule has 0 bridgehead atoms. The van der Waals surface area contributed by atoms with Crippen LogP contribution in [0.25, 0.3) is 21.7 Å². The van der Waals surface area contributed by atoms with Crippen molar-refractivity contribution in [2.75, 3.05) is 13.1 Å². The number of amides is 1. The van der Waals surface area contributed by atoms with Gasteiger partial charge in [-0.3, -0.25) is 4.79 Å². The van der Waals surface area contributed by atoms with Gasteiger partial charge in [-0.25, -0.2) is 4.39 Å². The summed E-state index contributed by atoms with van der Waals surface area (Å²) in [4.78, 5) is 14.9. The van der Waals surface area contributed by atoms with Gasteiger partial charge in [-0.1, -0.05) is 78.1 Å². The minimum atomic E-state index is -0.293. The van der Waals surface area contributed by atoms with E-state index in [1.807, 2.05) is 35.2 Å². The average Bonchev–Trinajstić information content (AvgIpc) is 3.36. The van der Waals surface area contributed by atoms with Crippen LogP contribution >= 0.6 is 11.3 Å². The lowest BCUT2D eigenvalue weighted by molar-refractivity contribution is -0.131. The molecule has 1 fully saturated rings. The summed E-state index contributed by atoms with van der Waals surface area (Å²) in [7, 11) is 0. The number of carbonyl (C=O) groups excluding carboxylic acids is 1. The van der Waals surface area contributed by atoms with Crippen molar-refractivity contribution in [3.8, 4) is 21.7 Å². The van der Waals surface area contributed by atoms with Gasteiger partial charge in [0, 0.05) is 24.6 Å². The Kier molecular flexibility index (Phi) is 6.26. The zero-order chi connectivity index (χ0) is 22.6. The number of hydrogen-bond donors (Lipinski definition) is 0. The number of benzene rings is 3. The topological polar surface area (TPSA) is 46.1 Å². The average molecular weight is 458 g/mol. The van der Waals surface area contributed by atoms with Gasteiger partial charge in [0.2, 0.25) is 5.91 Å². The number of carbonyl (C=O) groups is 1. The Hall–Kier alpha value is -3.38. The molecule has 6 heteroatoms. The second kappa shape index (κ2) is 9.63. The molecule has 0 aliphatic carbocycles. The maximum absolute atomic E-state index is 14.1. The van der Waals surface area contributed by atoms with E-state index in [2.05, 4.69) is 34.5 Å². The summed E-state index contributed by atoms with van der Waals surface area (Å²) in [6.07, 6.45) is 2.28. The van der Waals surface area contributed by atoms with Crippen molar-refractivity contribution in [1.82, 2.24) is 15.1 Å². The zero-order valence-corrected chi connectivity index (χ0v) is 19.0. The van der Waals surface area contributed by atoms with Crippen molar-refractivity contribution in [3.05, 3.63) is 95.3 Å². The monoisotopic (exact) mass is 457 g/mol. The highest BCUT2D eigenvalue weighted by molar-refractivity contribution is 7.14. The van der Waals surface area contributed by atoms with Crippen LogP contribution in [-0.2, 0) is 11.2 Å². The molecule has 1 amide bonds. The molecule has 2 heterocycles. The van der Waals surface area contributed by atoms with E-state index in [1.165, 1.54) is 23.0 Å². The molecule has 4 aromatic rings.